The zero-order valence-electron chi connectivity index (χ0n) is 18.2. The Bertz CT molecular complexity index is 1050. The number of benzene rings is 2. The third kappa shape index (κ3) is 4.40. The van der Waals surface area contributed by atoms with Crippen LogP contribution in [0.2, 0.25) is 0 Å². The molecule has 162 valence electrons. The van der Waals surface area contributed by atoms with Gasteiger partial charge in [-0.2, -0.15) is 4.98 Å². The molecule has 2 aromatic carbocycles. The number of aromatic nitrogens is 2. The Labute approximate surface area is 182 Å². The minimum Gasteiger partial charge on any atom is -0.493 e. The van der Waals surface area contributed by atoms with E-state index in [0.29, 0.717) is 36.2 Å². The summed E-state index contributed by atoms with van der Waals surface area (Å²) in [6.45, 7) is 6.52. The van der Waals surface area contributed by atoms with Crippen molar-refractivity contribution >= 4 is 5.91 Å². The fourth-order valence-corrected chi connectivity index (χ4v) is 3.86. The molecule has 1 saturated heterocycles. The van der Waals surface area contributed by atoms with Crippen LogP contribution in [0.3, 0.4) is 0 Å². The van der Waals surface area contributed by atoms with Crippen LogP contribution >= 0.6 is 0 Å². The van der Waals surface area contributed by atoms with E-state index in [1.807, 2.05) is 74.2 Å². The Morgan fingerprint density at radius 3 is 2.58 bits per heavy atom. The lowest BCUT2D eigenvalue weighted by Gasteiger charge is -2.24. The molecule has 1 fully saturated rings. The topological polar surface area (TPSA) is 77.7 Å². The Balaban J connectivity index is 1.51. The summed E-state index contributed by atoms with van der Waals surface area (Å²) in [4.78, 5) is 19.1. The second-order valence-electron chi connectivity index (χ2n) is 8.02. The highest BCUT2D eigenvalue weighted by Gasteiger charge is 2.37. The number of hydrogen-bond acceptors (Lipinski definition) is 6. The van der Waals surface area contributed by atoms with Gasteiger partial charge in [0.2, 0.25) is 17.6 Å². The maximum absolute atomic E-state index is 12.7. The molecule has 1 aliphatic heterocycles. The number of ether oxygens (including phenoxy) is 2. The van der Waals surface area contributed by atoms with Crippen molar-refractivity contribution in [3.8, 4) is 22.9 Å². The van der Waals surface area contributed by atoms with E-state index in [0.717, 1.165) is 11.1 Å². The second kappa shape index (κ2) is 8.79. The summed E-state index contributed by atoms with van der Waals surface area (Å²) >= 11 is 0. The first-order valence-electron chi connectivity index (χ1n) is 10.5. The van der Waals surface area contributed by atoms with Crippen molar-refractivity contribution in [1.82, 2.24) is 15.0 Å². The van der Waals surface area contributed by atoms with E-state index in [4.69, 9.17) is 14.0 Å². The monoisotopic (exact) mass is 421 g/mol. The lowest BCUT2D eigenvalue weighted by molar-refractivity contribution is -0.129. The van der Waals surface area contributed by atoms with Crippen LogP contribution in [-0.4, -0.2) is 40.7 Å². The Morgan fingerprint density at radius 1 is 1.10 bits per heavy atom. The van der Waals surface area contributed by atoms with Gasteiger partial charge in [-0.1, -0.05) is 35.5 Å². The second-order valence-corrected chi connectivity index (χ2v) is 8.02. The zero-order chi connectivity index (χ0) is 22.0. The van der Waals surface area contributed by atoms with Crippen LogP contribution in [0.1, 0.15) is 50.6 Å². The smallest absolute Gasteiger partial charge is 0.232 e. The van der Waals surface area contributed by atoms with E-state index in [2.05, 4.69) is 10.1 Å². The normalized spacial score (nSPS) is 17.3. The van der Waals surface area contributed by atoms with Gasteiger partial charge in [-0.3, -0.25) is 4.79 Å². The molecule has 1 amide bonds. The van der Waals surface area contributed by atoms with Gasteiger partial charge in [0.15, 0.2) is 11.5 Å². The number of likely N-dealkylation sites (tertiary alicyclic amines) is 1. The van der Waals surface area contributed by atoms with Crippen molar-refractivity contribution in [2.75, 3.05) is 13.7 Å². The van der Waals surface area contributed by atoms with Crippen LogP contribution in [0.4, 0.5) is 0 Å². The van der Waals surface area contributed by atoms with E-state index in [-0.39, 0.29) is 24.0 Å². The molecule has 2 atom stereocenters. The molecule has 2 heterocycles. The predicted octanol–water partition coefficient (Wildman–Crippen LogP) is 4.61. The van der Waals surface area contributed by atoms with Crippen molar-refractivity contribution in [3.63, 3.8) is 0 Å². The molecule has 0 N–H and O–H groups in total. The van der Waals surface area contributed by atoms with Gasteiger partial charge in [0.25, 0.3) is 0 Å². The summed E-state index contributed by atoms with van der Waals surface area (Å²) in [6, 6.07) is 15.6. The van der Waals surface area contributed by atoms with Gasteiger partial charge in [0.1, 0.15) is 0 Å². The minimum absolute atomic E-state index is 0.00106. The van der Waals surface area contributed by atoms with E-state index in [1.54, 1.807) is 7.11 Å². The lowest BCUT2D eigenvalue weighted by Crippen LogP contribution is -2.28. The number of nitrogens with zero attached hydrogens (tertiary/aromatic N) is 3. The van der Waals surface area contributed by atoms with Crippen LogP contribution in [0.15, 0.2) is 53.1 Å². The fourth-order valence-electron chi connectivity index (χ4n) is 3.86. The first kappa shape index (κ1) is 20.9. The molecule has 2 unspecified atom stereocenters. The number of hydrogen-bond donors (Lipinski definition) is 0. The quantitative estimate of drug-likeness (QED) is 0.554. The van der Waals surface area contributed by atoms with Crippen LogP contribution in [-0.2, 0) is 4.79 Å². The third-order valence-corrected chi connectivity index (χ3v) is 5.48. The molecule has 31 heavy (non-hydrogen) atoms. The Morgan fingerprint density at radius 2 is 1.87 bits per heavy atom. The molecule has 4 rings (SSSR count). The van der Waals surface area contributed by atoms with Gasteiger partial charge < -0.3 is 18.9 Å². The summed E-state index contributed by atoms with van der Waals surface area (Å²) in [5, 5.41) is 4.14. The van der Waals surface area contributed by atoms with Gasteiger partial charge in [0.05, 0.1) is 25.2 Å². The molecule has 7 nitrogen and oxygen atoms in total. The molecule has 1 aliphatic rings. The maximum Gasteiger partial charge on any atom is 0.232 e. The third-order valence-electron chi connectivity index (χ3n) is 5.48. The maximum atomic E-state index is 12.7. The average molecular weight is 421 g/mol. The summed E-state index contributed by atoms with van der Waals surface area (Å²) in [5.74, 6) is 2.19. The van der Waals surface area contributed by atoms with Crippen LogP contribution in [0.5, 0.6) is 11.5 Å². The van der Waals surface area contributed by atoms with Crippen LogP contribution in [0, 0.1) is 0 Å². The largest absolute Gasteiger partial charge is 0.493 e. The number of rotatable bonds is 7. The molecule has 0 bridgehead atoms. The molecule has 3 aromatic rings. The van der Waals surface area contributed by atoms with Gasteiger partial charge >= 0.3 is 0 Å². The highest BCUT2D eigenvalue weighted by atomic mass is 16.5. The molecule has 0 saturated carbocycles. The van der Waals surface area contributed by atoms with Crippen molar-refractivity contribution in [1.29, 1.82) is 0 Å². The van der Waals surface area contributed by atoms with E-state index in [9.17, 15) is 4.79 Å². The van der Waals surface area contributed by atoms with Crippen LogP contribution in [0.25, 0.3) is 11.4 Å². The minimum atomic E-state index is -0.120. The molecule has 0 spiro atoms. The van der Waals surface area contributed by atoms with E-state index >= 15 is 0 Å². The van der Waals surface area contributed by atoms with Crippen molar-refractivity contribution < 1.29 is 18.8 Å². The molecule has 7 heteroatoms. The molecular weight excluding hydrogens is 394 g/mol. The number of amides is 1. The van der Waals surface area contributed by atoms with E-state index in [1.165, 1.54) is 0 Å². The molecular formula is C24H27N3O4. The van der Waals surface area contributed by atoms with Gasteiger partial charge in [-0.15, -0.1) is 0 Å². The number of carbonyl (C=O) groups excluding carboxylic acids is 1. The predicted molar refractivity (Wildman–Crippen MR) is 116 cm³/mol. The number of methoxy groups -OCH3 is 1. The molecule has 0 aliphatic carbocycles. The summed E-state index contributed by atoms with van der Waals surface area (Å²) in [7, 11) is 1.60. The Hall–Kier alpha value is -3.35. The summed E-state index contributed by atoms with van der Waals surface area (Å²) in [5.41, 5.74) is 1.88. The van der Waals surface area contributed by atoms with Crippen molar-refractivity contribution in [3.05, 3.63) is 60.0 Å². The van der Waals surface area contributed by atoms with Gasteiger partial charge in [-0.25, -0.2) is 0 Å². The SMILES string of the molecule is COc1cc(-c2noc(C3CC(=O)N(C(C)c4ccccc4)C3)n2)ccc1OC(C)C. The van der Waals surface area contributed by atoms with Gasteiger partial charge in [-0.05, 0) is 44.5 Å². The summed E-state index contributed by atoms with van der Waals surface area (Å²) < 4.78 is 16.8. The van der Waals surface area contributed by atoms with Gasteiger partial charge in [0, 0.05) is 18.5 Å². The summed E-state index contributed by atoms with van der Waals surface area (Å²) in [6.07, 6.45) is 0.404. The average Bonchev–Trinajstić information content (AvgIpc) is 3.41. The fraction of sp³-hybridized carbons (Fsp3) is 0.375. The lowest BCUT2D eigenvalue weighted by atomic mass is 10.1. The van der Waals surface area contributed by atoms with Crippen LogP contribution < -0.4 is 9.47 Å². The zero-order valence-corrected chi connectivity index (χ0v) is 18.2. The van der Waals surface area contributed by atoms with Crippen molar-refractivity contribution in [2.24, 2.45) is 0 Å². The van der Waals surface area contributed by atoms with Crippen molar-refractivity contribution in [2.45, 2.75) is 45.3 Å². The van der Waals surface area contributed by atoms with E-state index < -0.39 is 0 Å². The first-order valence-corrected chi connectivity index (χ1v) is 10.5. The molecule has 0 radical (unpaired) electrons. The standard InChI is InChI=1S/C24H27N3O4/c1-15(2)30-20-11-10-18(12-21(20)29-4)23-25-24(31-26-23)19-13-22(28)27(14-19)16(3)17-8-6-5-7-9-17/h5-12,15-16,19H,13-14H2,1-4H3. The molecule has 1 aromatic heterocycles. The highest BCUT2D eigenvalue weighted by molar-refractivity contribution is 5.80. The first-order chi connectivity index (χ1) is 15.0. The highest BCUT2D eigenvalue weighted by Crippen LogP contribution is 2.35. The number of carbonyl (C=O) groups is 1. The Kier molecular flexibility index (Phi) is 5.93.